The van der Waals surface area contributed by atoms with Gasteiger partial charge in [-0.25, -0.2) is 4.98 Å². The van der Waals surface area contributed by atoms with Crippen molar-refractivity contribution in [2.24, 2.45) is 5.41 Å². The minimum atomic E-state index is -0.383. The van der Waals surface area contributed by atoms with Crippen molar-refractivity contribution in [1.82, 2.24) is 4.98 Å². The van der Waals surface area contributed by atoms with Gasteiger partial charge in [-0.3, -0.25) is 10.1 Å². The van der Waals surface area contributed by atoms with Crippen molar-refractivity contribution < 1.29 is 4.92 Å². The molecule has 1 aromatic heterocycles. The van der Waals surface area contributed by atoms with Gasteiger partial charge >= 0.3 is 5.69 Å². The smallest absolute Gasteiger partial charge is 0.311 e. The molecular weight excluding hydrogens is 218 g/mol. The molecule has 0 spiro atoms. The average Bonchev–Trinajstić information content (AvgIpc) is 2.24. The number of pyridine rings is 1. The average molecular weight is 235 g/mol. The first kappa shape index (κ1) is 11.8. The van der Waals surface area contributed by atoms with Crippen molar-refractivity contribution in [2.45, 2.75) is 33.1 Å². The molecule has 1 heterocycles. The van der Waals surface area contributed by atoms with Crippen LogP contribution in [0, 0.1) is 22.5 Å². The van der Waals surface area contributed by atoms with E-state index in [9.17, 15) is 10.1 Å². The van der Waals surface area contributed by atoms with Crippen molar-refractivity contribution in [3.63, 3.8) is 0 Å². The van der Waals surface area contributed by atoms with Crippen LogP contribution >= 0.6 is 0 Å². The molecule has 1 fully saturated rings. The van der Waals surface area contributed by atoms with Crippen LogP contribution in [0.15, 0.2) is 12.3 Å². The van der Waals surface area contributed by atoms with E-state index in [4.69, 9.17) is 0 Å². The minimum absolute atomic E-state index is 0.0629. The Morgan fingerprint density at radius 1 is 1.59 bits per heavy atom. The summed E-state index contributed by atoms with van der Waals surface area (Å²) in [6.45, 7) is 4.75. The molecule has 1 N–H and O–H groups in total. The summed E-state index contributed by atoms with van der Waals surface area (Å²) in [6.07, 6.45) is 5.26. The molecule has 0 aliphatic heterocycles. The third kappa shape index (κ3) is 2.54. The molecule has 0 radical (unpaired) electrons. The predicted molar refractivity (Wildman–Crippen MR) is 66.1 cm³/mol. The Hall–Kier alpha value is -1.65. The molecule has 0 saturated heterocycles. The van der Waals surface area contributed by atoms with Crippen LogP contribution in [-0.2, 0) is 0 Å². The lowest BCUT2D eigenvalue weighted by molar-refractivity contribution is -0.384. The number of nitro groups is 1. The fourth-order valence-corrected chi connectivity index (χ4v) is 2.08. The molecular formula is C12H17N3O2. The van der Waals surface area contributed by atoms with E-state index in [1.807, 2.05) is 0 Å². The first-order chi connectivity index (χ1) is 8.00. The van der Waals surface area contributed by atoms with Crippen LogP contribution in [0.5, 0.6) is 0 Å². The van der Waals surface area contributed by atoms with Gasteiger partial charge in [-0.1, -0.05) is 13.3 Å². The maximum absolute atomic E-state index is 10.9. The van der Waals surface area contributed by atoms with Crippen molar-refractivity contribution in [2.75, 3.05) is 11.9 Å². The predicted octanol–water partition coefficient (Wildman–Crippen LogP) is 2.90. The van der Waals surface area contributed by atoms with Gasteiger partial charge in [0.1, 0.15) is 0 Å². The maximum atomic E-state index is 10.9. The monoisotopic (exact) mass is 235 g/mol. The van der Waals surface area contributed by atoms with Crippen LogP contribution in [0.25, 0.3) is 0 Å². The van der Waals surface area contributed by atoms with Gasteiger partial charge in [0.15, 0.2) is 0 Å². The second-order valence-electron chi connectivity index (χ2n) is 5.16. The molecule has 1 aliphatic rings. The topological polar surface area (TPSA) is 68.1 Å². The molecule has 5 heteroatoms. The zero-order valence-corrected chi connectivity index (χ0v) is 10.2. The van der Waals surface area contributed by atoms with E-state index in [2.05, 4.69) is 17.2 Å². The molecule has 92 valence electrons. The first-order valence-electron chi connectivity index (χ1n) is 5.85. The Bertz CT molecular complexity index is 441. The fraction of sp³-hybridized carbons (Fsp3) is 0.583. The SMILES string of the molecule is Cc1cnc(NCC2(C)CCC2)c([N+](=O)[O-])c1. The third-order valence-corrected chi connectivity index (χ3v) is 3.44. The van der Waals surface area contributed by atoms with Gasteiger partial charge < -0.3 is 5.32 Å². The number of nitrogens with zero attached hydrogens (tertiary/aromatic N) is 2. The molecule has 1 aromatic rings. The van der Waals surface area contributed by atoms with Gasteiger partial charge in [-0.15, -0.1) is 0 Å². The van der Waals surface area contributed by atoms with Gasteiger partial charge in [0.25, 0.3) is 0 Å². The van der Waals surface area contributed by atoms with Crippen molar-refractivity contribution in [1.29, 1.82) is 0 Å². The van der Waals surface area contributed by atoms with Crippen LogP contribution in [-0.4, -0.2) is 16.5 Å². The van der Waals surface area contributed by atoms with Crippen molar-refractivity contribution in [3.8, 4) is 0 Å². The van der Waals surface area contributed by atoms with E-state index in [0.29, 0.717) is 5.82 Å². The number of nitrogens with one attached hydrogen (secondary N) is 1. The summed E-state index contributed by atoms with van der Waals surface area (Å²) in [5, 5.41) is 14.0. The van der Waals surface area contributed by atoms with E-state index in [1.54, 1.807) is 19.2 Å². The standard InChI is InChI=1S/C12H17N3O2/c1-9-6-10(15(16)17)11(13-7-9)14-8-12(2)4-3-5-12/h6-7H,3-5,8H2,1-2H3,(H,13,14). The van der Waals surface area contributed by atoms with E-state index < -0.39 is 0 Å². The van der Waals surface area contributed by atoms with Gasteiger partial charge in [0.2, 0.25) is 5.82 Å². The van der Waals surface area contributed by atoms with Gasteiger partial charge in [0, 0.05) is 18.8 Å². The second kappa shape index (κ2) is 4.31. The summed E-state index contributed by atoms with van der Waals surface area (Å²) in [5.41, 5.74) is 1.14. The Morgan fingerprint density at radius 2 is 2.29 bits per heavy atom. The quantitative estimate of drug-likeness (QED) is 0.643. The highest BCUT2D eigenvalue weighted by Gasteiger charge is 2.32. The summed E-state index contributed by atoms with van der Waals surface area (Å²) in [6, 6.07) is 1.55. The second-order valence-corrected chi connectivity index (χ2v) is 5.16. The van der Waals surface area contributed by atoms with Crippen LogP contribution < -0.4 is 5.32 Å². The summed E-state index contributed by atoms with van der Waals surface area (Å²) >= 11 is 0. The van der Waals surface area contributed by atoms with E-state index in [0.717, 1.165) is 12.1 Å². The zero-order valence-electron chi connectivity index (χ0n) is 10.2. The molecule has 0 bridgehead atoms. The zero-order chi connectivity index (χ0) is 12.5. The summed E-state index contributed by atoms with van der Waals surface area (Å²) in [5.74, 6) is 0.383. The lowest BCUT2D eigenvalue weighted by atomic mass is 9.70. The summed E-state index contributed by atoms with van der Waals surface area (Å²) in [7, 11) is 0. The van der Waals surface area contributed by atoms with Crippen molar-refractivity contribution >= 4 is 11.5 Å². The van der Waals surface area contributed by atoms with Crippen molar-refractivity contribution in [3.05, 3.63) is 27.9 Å². The lowest BCUT2D eigenvalue weighted by Crippen LogP contribution is -2.33. The van der Waals surface area contributed by atoms with Crippen LogP contribution in [0.1, 0.15) is 31.7 Å². The summed E-state index contributed by atoms with van der Waals surface area (Å²) in [4.78, 5) is 14.6. The highest BCUT2D eigenvalue weighted by molar-refractivity contribution is 5.56. The van der Waals surface area contributed by atoms with E-state index >= 15 is 0 Å². The number of aryl methyl sites for hydroxylation is 1. The largest absolute Gasteiger partial charge is 0.364 e. The first-order valence-corrected chi connectivity index (χ1v) is 5.85. The number of hydrogen-bond donors (Lipinski definition) is 1. The number of hydrogen-bond acceptors (Lipinski definition) is 4. The Kier molecular flexibility index (Phi) is 3.00. The molecule has 1 aliphatic carbocycles. The van der Waals surface area contributed by atoms with E-state index in [1.165, 1.54) is 19.3 Å². The number of aromatic nitrogens is 1. The molecule has 0 aromatic carbocycles. The highest BCUT2D eigenvalue weighted by atomic mass is 16.6. The fourth-order valence-electron chi connectivity index (χ4n) is 2.08. The lowest BCUT2D eigenvalue weighted by Gasteiger charge is -2.38. The van der Waals surface area contributed by atoms with Gasteiger partial charge in [-0.05, 0) is 30.7 Å². The molecule has 17 heavy (non-hydrogen) atoms. The third-order valence-electron chi connectivity index (χ3n) is 3.44. The Balaban J connectivity index is 2.12. The molecule has 5 nitrogen and oxygen atoms in total. The molecule has 0 unspecified atom stereocenters. The molecule has 2 rings (SSSR count). The van der Waals surface area contributed by atoms with E-state index in [-0.39, 0.29) is 16.0 Å². The van der Waals surface area contributed by atoms with Gasteiger partial charge in [0.05, 0.1) is 4.92 Å². The number of rotatable bonds is 4. The van der Waals surface area contributed by atoms with Crippen LogP contribution in [0.2, 0.25) is 0 Å². The normalized spacial score (nSPS) is 17.3. The Morgan fingerprint density at radius 3 is 2.82 bits per heavy atom. The molecule has 0 amide bonds. The van der Waals surface area contributed by atoms with Crippen LogP contribution in [0.3, 0.4) is 0 Å². The van der Waals surface area contributed by atoms with Gasteiger partial charge in [-0.2, -0.15) is 0 Å². The van der Waals surface area contributed by atoms with Crippen LogP contribution in [0.4, 0.5) is 11.5 Å². The molecule has 1 saturated carbocycles. The maximum Gasteiger partial charge on any atom is 0.311 e. The number of anilines is 1. The summed E-state index contributed by atoms with van der Waals surface area (Å²) < 4.78 is 0. The Labute approximate surface area is 100 Å². The highest BCUT2D eigenvalue weighted by Crippen LogP contribution is 2.40. The molecule has 0 atom stereocenters. The minimum Gasteiger partial charge on any atom is -0.364 e.